The Labute approximate surface area is 195 Å². The Bertz CT molecular complexity index is 1150. The lowest BCUT2D eigenvalue weighted by Crippen LogP contribution is -2.43. The molecule has 0 unspecified atom stereocenters. The van der Waals surface area contributed by atoms with Gasteiger partial charge in [-0.3, -0.25) is 4.79 Å². The Morgan fingerprint density at radius 1 is 1.06 bits per heavy atom. The second kappa shape index (κ2) is 9.67. The first kappa shape index (κ1) is 22.9. The minimum absolute atomic E-state index is 0.0383. The van der Waals surface area contributed by atoms with E-state index in [9.17, 15) is 13.6 Å². The number of fused-ring (bicyclic) bond motifs is 1. The van der Waals surface area contributed by atoms with Crippen LogP contribution in [0.15, 0.2) is 54.6 Å². The van der Waals surface area contributed by atoms with E-state index < -0.39 is 17.8 Å². The van der Waals surface area contributed by atoms with Gasteiger partial charge in [-0.05, 0) is 66.1 Å². The van der Waals surface area contributed by atoms with Crippen LogP contribution < -0.4 is 14.2 Å². The molecule has 172 valence electrons. The zero-order valence-corrected chi connectivity index (χ0v) is 18.9. The minimum Gasteiger partial charge on any atom is -0.493 e. The number of rotatable bonds is 6. The molecule has 1 amide bonds. The van der Waals surface area contributed by atoms with E-state index in [1.54, 1.807) is 18.1 Å². The molecule has 4 rings (SSSR count). The lowest BCUT2D eigenvalue weighted by Gasteiger charge is -2.38. The molecule has 0 saturated heterocycles. The Morgan fingerprint density at radius 2 is 1.76 bits per heavy atom. The standard InChI is InChI=1S/C25H22ClF2NO4/c1-31-22-12-15-10-11-29(25(30)24-19(26)4-3-5-20(24)28)21(18(15)13-23(22)32-2)14-33-17-8-6-16(27)7-9-17/h3-9,12-13,21H,10-11,14H2,1-2H3/t21-/m1/s1. The Morgan fingerprint density at radius 3 is 2.42 bits per heavy atom. The van der Waals surface area contributed by atoms with Crippen LogP contribution in [0.4, 0.5) is 8.78 Å². The van der Waals surface area contributed by atoms with Gasteiger partial charge in [-0.15, -0.1) is 0 Å². The smallest absolute Gasteiger partial charge is 0.259 e. The second-order valence-corrected chi connectivity index (χ2v) is 7.94. The number of carbonyl (C=O) groups is 1. The topological polar surface area (TPSA) is 48.0 Å². The van der Waals surface area contributed by atoms with Crippen molar-refractivity contribution >= 4 is 17.5 Å². The van der Waals surface area contributed by atoms with E-state index in [2.05, 4.69) is 0 Å². The van der Waals surface area contributed by atoms with Crippen molar-refractivity contribution in [1.29, 1.82) is 0 Å². The molecule has 0 aromatic heterocycles. The number of methoxy groups -OCH3 is 2. The molecule has 3 aromatic rings. The molecule has 8 heteroatoms. The van der Waals surface area contributed by atoms with Gasteiger partial charge in [0, 0.05) is 6.54 Å². The SMILES string of the molecule is COc1cc2c(cc1OC)[C@@H](COc1ccc(F)cc1)N(C(=O)c1c(F)cccc1Cl)CC2. The first-order valence-electron chi connectivity index (χ1n) is 10.3. The summed E-state index contributed by atoms with van der Waals surface area (Å²) in [7, 11) is 3.08. The molecule has 0 radical (unpaired) electrons. The number of amides is 1. The Balaban J connectivity index is 1.74. The summed E-state index contributed by atoms with van der Waals surface area (Å²) >= 11 is 6.18. The van der Waals surface area contributed by atoms with Crippen LogP contribution in [0.5, 0.6) is 17.2 Å². The third kappa shape index (κ3) is 4.59. The van der Waals surface area contributed by atoms with E-state index in [1.807, 2.05) is 6.07 Å². The summed E-state index contributed by atoms with van der Waals surface area (Å²) in [6.07, 6.45) is 0.528. The van der Waals surface area contributed by atoms with Crippen LogP contribution in [0.3, 0.4) is 0 Å². The number of nitrogens with zero attached hydrogens (tertiary/aromatic N) is 1. The van der Waals surface area contributed by atoms with E-state index in [0.717, 1.165) is 11.1 Å². The minimum atomic E-state index is -0.691. The molecule has 3 aromatic carbocycles. The molecule has 1 atom stereocenters. The molecule has 5 nitrogen and oxygen atoms in total. The fourth-order valence-electron chi connectivity index (χ4n) is 4.00. The van der Waals surface area contributed by atoms with Crippen LogP contribution in [0.25, 0.3) is 0 Å². The normalized spacial score (nSPS) is 15.1. The average molecular weight is 474 g/mol. The zero-order valence-electron chi connectivity index (χ0n) is 18.1. The van der Waals surface area contributed by atoms with Crippen molar-refractivity contribution in [3.63, 3.8) is 0 Å². The van der Waals surface area contributed by atoms with Crippen LogP contribution in [0.2, 0.25) is 5.02 Å². The first-order chi connectivity index (χ1) is 15.9. The fourth-order valence-corrected chi connectivity index (χ4v) is 4.25. The highest BCUT2D eigenvalue weighted by Gasteiger charge is 2.35. The Hall–Kier alpha value is -3.32. The van der Waals surface area contributed by atoms with Gasteiger partial charge in [-0.2, -0.15) is 0 Å². The molecule has 0 N–H and O–H groups in total. The summed E-state index contributed by atoms with van der Waals surface area (Å²) in [4.78, 5) is 15.0. The highest BCUT2D eigenvalue weighted by Crippen LogP contribution is 2.39. The number of ether oxygens (including phenoxy) is 3. The molecule has 0 bridgehead atoms. The molecular formula is C25H22ClF2NO4. The predicted octanol–water partition coefficient (Wildman–Crippen LogP) is 5.45. The summed E-state index contributed by atoms with van der Waals surface area (Å²) in [6.45, 7) is 0.384. The monoisotopic (exact) mass is 473 g/mol. The molecule has 1 aliphatic rings. The van der Waals surface area contributed by atoms with Gasteiger partial charge in [0.15, 0.2) is 11.5 Å². The molecule has 1 heterocycles. The van der Waals surface area contributed by atoms with Gasteiger partial charge in [0.2, 0.25) is 0 Å². The highest BCUT2D eigenvalue weighted by molar-refractivity contribution is 6.33. The highest BCUT2D eigenvalue weighted by atomic mass is 35.5. The van der Waals surface area contributed by atoms with Crippen molar-refractivity contribution in [3.05, 3.63) is 87.9 Å². The van der Waals surface area contributed by atoms with Crippen LogP contribution >= 0.6 is 11.6 Å². The molecule has 33 heavy (non-hydrogen) atoms. The molecule has 0 spiro atoms. The summed E-state index contributed by atoms with van der Waals surface area (Å²) in [5, 5.41) is 0.0383. The van der Waals surface area contributed by atoms with Crippen molar-refractivity contribution < 1.29 is 27.8 Å². The van der Waals surface area contributed by atoms with Gasteiger partial charge in [-0.25, -0.2) is 8.78 Å². The van der Waals surface area contributed by atoms with Crippen LogP contribution in [-0.2, 0) is 6.42 Å². The van der Waals surface area contributed by atoms with Gasteiger partial charge in [-0.1, -0.05) is 17.7 Å². The number of halogens is 3. The quantitative estimate of drug-likeness (QED) is 0.477. The number of carbonyl (C=O) groups excluding carboxylic acids is 1. The van der Waals surface area contributed by atoms with Crippen LogP contribution in [0, 0.1) is 11.6 Å². The lowest BCUT2D eigenvalue weighted by atomic mass is 9.91. The van der Waals surface area contributed by atoms with Gasteiger partial charge in [0.1, 0.15) is 24.0 Å². The summed E-state index contributed by atoms with van der Waals surface area (Å²) in [5.41, 5.74) is 1.57. The van der Waals surface area contributed by atoms with E-state index in [4.69, 9.17) is 25.8 Å². The third-order valence-corrected chi connectivity index (χ3v) is 5.98. The third-order valence-electron chi connectivity index (χ3n) is 5.66. The lowest BCUT2D eigenvalue weighted by molar-refractivity contribution is 0.0584. The largest absolute Gasteiger partial charge is 0.493 e. The molecule has 0 aliphatic carbocycles. The van der Waals surface area contributed by atoms with Crippen molar-refractivity contribution in [2.75, 3.05) is 27.4 Å². The van der Waals surface area contributed by atoms with E-state index in [0.29, 0.717) is 30.2 Å². The maximum atomic E-state index is 14.5. The van der Waals surface area contributed by atoms with Gasteiger partial charge in [0.05, 0.1) is 30.8 Å². The van der Waals surface area contributed by atoms with E-state index in [1.165, 1.54) is 49.6 Å². The molecular weight excluding hydrogens is 452 g/mol. The number of hydrogen-bond acceptors (Lipinski definition) is 4. The number of hydrogen-bond donors (Lipinski definition) is 0. The van der Waals surface area contributed by atoms with E-state index in [-0.39, 0.29) is 23.0 Å². The summed E-state index contributed by atoms with van der Waals surface area (Å²) in [5.74, 6) is -0.0869. The zero-order chi connectivity index (χ0) is 23.5. The predicted molar refractivity (Wildman–Crippen MR) is 120 cm³/mol. The summed E-state index contributed by atoms with van der Waals surface area (Å²) < 4.78 is 44.6. The maximum absolute atomic E-state index is 14.5. The van der Waals surface area contributed by atoms with E-state index >= 15 is 0 Å². The molecule has 0 saturated carbocycles. The first-order valence-corrected chi connectivity index (χ1v) is 10.7. The van der Waals surface area contributed by atoms with Crippen molar-refractivity contribution in [1.82, 2.24) is 4.90 Å². The van der Waals surface area contributed by atoms with Gasteiger partial charge < -0.3 is 19.1 Å². The van der Waals surface area contributed by atoms with Crippen LogP contribution in [-0.4, -0.2) is 38.2 Å². The maximum Gasteiger partial charge on any atom is 0.259 e. The van der Waals surface area contributed by atoms with Gasteiger partial charge >= 0.3 is 0 Å². The average Bonchev–Trinajstić information content (AvgIpc) is 2.82. The Kier molecular flexibility index (Phi) is 6.70. The van der Waals surface area contributed by atoms with Crippen molar-refractivity contribution in [2.45, 2.75) is 12.5 Å². The second-order valence-electron chi connectivity index (χ2n) is 7.53. The van der Waals surface area contributed by atoms with Crippen molar-refractivity contribution in [3.8, 4) is 17.2 Å². The van der Waals surface area contributed by atoms with Crippen molar-refractivity contribution in [2.24, 2.45) is 0 Å². The van der Waals surface area contributed by atoms with Crippen LogP contribution in [0.1, 0.15) is 27.5 Å². The fraction of sp³-hybridized carbons (Fsp3) is 0.240. The molecule has 0 fully saturated rings. The molecule has 1 aliphatic heterocycles. The summed E-state index contributed by atoms with van der Waals surface area (Å²) in [6, 6.07) is 12.8. The van der Waals surface area contributed by atoms with Gasteiger partial charge in [0.25, 0.3) is 5.91 Å². The number of benzene rings is 3.